The predicted octanol–water partition coefficient (Wildman–Crippen LogP) is 3.58. The van der Waals surface area contributed by atoms with Crippen LogP contribution >= 0.6 is 0 Å². The summed E-state index contributed by atoms with van der Waals surface area (Å²) in [6.45, 7) is 1.33. The molecule has 2 aromatic rings. The Morgan fingerprint density at radius 1 is 1.29 bits per heavy atom. The van der Waals surface area contributed by atoms with Crippen LogP contribution in [0.3, 0.4) is 0 Å². The molecule has 0 radical (unpaired) electrons. The second-order valence-corrected chi connectivity index (χ2v) is 10.3. The van der Waals surface area contributed by atoms with Gasteiger partial charge in [0.2, 0.25) is 5.91 Å². The lowest BCUT2D eigenvalue weighted by Crippen LogP contribution is -2.40. The van der Waals surface area contributed by atoms with Crippen LogP contribution < -0.4 is 5.32 Å². The number of imidazole rings is 1. The van der Waals surface area contributed by atoms with Crippen LogP contribution in [-0.2, 0) is 15.6 Å². The van der Waals surface area contributed by atoms with Crippen molar-refractivity contribution in [3.8, 4) is 6.07 Å². The summed E-state index contributed by atoms with van der Waals surface area (Å²) in [6.07, 6.45) is 11.1. The first-order valence-electron chi connectivity index (χ1n) is 11.6. The van der Waals surface area contributed by atoms with Crippen molar-refractivity contribution in [3.05, 3.63) is 53.1 Å². The average molecular weight is 480 g/mol. The van der Waals surface area contributed by atoms with Crippen LogP contribution in [0.2, 0.25) is 0 Å². The van der Waals surface area contributed by atoms with Crippen LogP contribution in [0.15, 0.2) is 30.5 Å². The minimum atomic E-state index is -1.12. The number of nitriles is 1. The molecule has 8 nitrogen and oxygen atoms in total. The third kappa shape index (κ3) is 5.62. The molecular formula is C25H29N5O3S. The molecule has 0 saturated carbocycles. The third-order valence-corrected chi connectivity index (χ3v) is 7.14. The summed E-state index contributed by atoms with van der Waals surface area (Å²) in [4.78, 5) is 33.5. The highest BCUT2D eigenvalue weighted by atomic mass is 32.2. The van der Waals surface area contributed by atoms with Gasteiger partial charge < -0.3 is 15.2 Å². The van der Waals surface area contributed by atoms with Gasteiger partial charge >= 0.3 is 0 Å². The maximum Gasteiger partial charge on any atom is 0.291 e. The lowest BCUT2D eigenvalue weighted by molar-refractivity contribution is -0.129. The molecule has 1 fully saturated rings. The van der Waals surface area contributed by atoms with Crippen molar-refractivity contribution in [3.63, 3.8) is 0 Å². The van der Waals surface area contributed by atoms with E-state index >= 15 is 0 Å². The maximum absolute atomic E-state index is 12.7. The zero-order valence-corrected chi connectivity index (χ0v) is 20.1. The molecule has 1 aliphatic carbocycles. The van der Waals surface area contributed by atoms with Gasteiger partial charge in [-0.2, -0.15) is 5.26 Å². The van der Waals surface area contributed by atoms with Gasteiger partial charge in [-0.25, -0.2) is 4.98 Å². The van der Waals surface area contributed by atoms with E-state index in [9.17, 15) is 13.8 Å². The number of piperidine rings is 1. The Morgan fingerprint density at radius 3 is 2.74 bits per heavy atom. The largest absolute Gasteiger partial charge is 0.342 e. The normalized spacial score (nSPS) is 17.5. The molecule has 0 bridgehead atoms. The molecule has 2 amide bonds. The molecule has 2 heterocycles. The Hall–Kier alpha value is -3.25. The maximum atomic E-state index is 12.7. The number of nitrogens with zero attached hydrogens (tertiary/aromatic N) is 3. The van der Waals surface area contributed by atoms with E-state index in [0.717, 1.165) is 43.4 Å². The van der Waals surface area contributed by atoms with Gasteiger partial charge in [0.05, 0.1) is 6.20 Å². The molecular weight excluding hydrogens is 450 g/mol. The number of nitrogens with one attached hydrogen (secondary N) is 2. The standard InChI is InChI=1S/C25H29N5O3S/c1-34(33)16-23(31)30-11-9-17(10-12-30)19-7-8-22(21(13-19)18-5-3-2-4-6-18)29-25(32)24-27-15-20(14-26)28-24/h5,7-8,13,15,17H,2-4,6,9-12,16H2,1H3,(H,27,28)(H,29,32). The predicted molar refractivity (Wildman–Crippen MR) is 132 cm³/mol. The van der Waals surface area contributed by atoms with Crippen molar-refractivity contribution in [1.82, 2.24) is 14.9 Å². The number of likely N-dealkylation sites (tertiary alicyclic amines) is 1. The molecule has 1 aromatic carbocycles. The fraction of sp³-hybridized carbons (Fsp3) is 0.440. The summed E-state index contributed by atoms with van der Waals surface area (Å²) in [6, 6.07) is 8.12. The first kappa shape index (κ1) is 23.9. The van der Waals surface area contributed by atoms with Gasteiger partial charge in [-0.3, -0.25) is 13.8 Å². The van der Waals surface area contributed by atoms with Crippen molar-refractivity contribution in [2.24, 2.45) is 0 Å². The van der Waals surface area contributed by atoms with Crippen molar-refractivity contribution in [1.29, 1.82) is 5.26 Å². The van der Waals surface area contributed by atoms with Crippen LogP contribution in [0.25, 0.3) is 5.57 Å². The summed E-state index contributed by atoms with van der Waals surface area (Å²) in [5.74, 6) is 0.0967. The number of carbonyl (C=O) groups is 2. The van der Waals surface area contributed by atoms with Gasteiger partial charge in [0.25, 0.3) is 5.91 Å². The second-order valence-electron chi connectivity index (χ2n) is 8.86. The van der Waals surface area contributed by atoms with Crippen molar-refractivity contribution in [2.75, 3.05) is 30.4 Å². The van der Waals surface area contributed by atoms with E-state index in [0.29, 0.717) is 19.0 Å². The number of aromatic nitrogens is 2. The fourth-order valence-electron chi connectivity index (χ4n) is 4.68. The minimum Gasteiger partial charge on any atom is -0.342 e. The number of carbonyl (C=O) groups excluding carboxylic acids is 2. The summed E-state index contributed by atoms with van der Waals surface area (Å²) in [7, 11) is -1.12. The molecule has 1 unspecified atom stereocenters. The van der Waals surface area contributed by atoms with Gasteiger partial charge in [0.1, 0.15) is 17.5 Å². The quantitative estimate of drug-likeness (QED) is 0.656. The molecule has 2 aliphatic rings. The summed E-state index contributed by atoms with van der Waals surface area (Å²) >= 11 is 0. The van der Waals surface area contributed by atoms with E-state index in [-0.39, 0.29) is 29.1 Å². The zero-order valence-electron chi connectivity index (χ0n) is 19.3. The monoisotopic (exact) mass is 479 g/mol. The SMILES string of the molecule is CS(=O)CC(=O)N1CCC(c2ccc(NC(=O)c3ncc(C#N)[nH]3)c(C3=CCCCC3)c2)CC1. The average Bonchev–Trinajstić information content (AvgIpc) is 3.34. The molecule has 1 aliphatic heterocycles. The molecule has 1 saturated heterocycles. The summed E-state index contributed by atoms with van der Waals surface area (Å²) in [5.41, 5.74) is 4.44. The van der Waals surface area contributed by atoms with E-state index in [2.05, 4.69) is 33.5 Å². The Labute approximate surface area is 201 Å². The molecule has 9 heteroatoms. The highest BCUT2D eigenvalue weighted by Crippen LogP contribution is 2.36. The van der Waals surface area contributed by atoms with E-state index in [1.165, 1.54) is 23.8 Å². The Morgan fingerprint density at radius 2 is 2.09 bits per heavy atom. The smallest absolute Gasteiger partial charge is 0.291 e. The molecule has 178 valence electrons. The molecule has 4 rings (SSSR count). The van der Waals surface area contributed by atoms with Crippen LogP contribution in [0.4, 0.5) is 5.69 Å². The lowest BCUT2D eigenvalue weighted by Gasteiger charge is -2.32. The van der Waals surface area contributed by atoms with E-state index < -0.39 is 10.8 Å². The molecule has 0 spiro atoms. The number of amides is 2. The Bertz CT molecular complexity index is 1170. The summed E-state index contributed by atoms with van der Waals surface area (Å²) in [5, 5.41) is 11.9. The number of H-pyrrole nitrogens is 1. The fourth-order valence-corrected chi connectivity index (χ4v) is 5.21. The van der Waals surface area contributed by atoms with Crippen molar-refractivity contribution < 1.29 is 13.8 Å². The summed E-state index contributed by atoms with van der Waals surface area (Å²) < 4.78 is 11.4. The lowest BCUT2D eigenvalue weighted by atomic mass is 9.85. The molecule has 1 aromatic heterocycles. The zero-order chi connectivity index (χ0) is 24.1. The second kappa shape index (κ2) is 10.8. The van der Waals surface area contributed by atoms with Gasteiger partial charge in [-0.1, -0.05) is 12.1 Å². The number of hydrogen-bond donors (Lipinski definition) is 2. The third-order valence-electron chi connectivity index (χ3n) is 6.49. The number of anilines is 1. The molecule has 2 N–H and O–H groups in total. The van der Waals surface area contributed by atoms with Gasteiger partial charge in [-0.15, -0.1) is 0 Å². The number of benzene rings is 1. The van der Waals surface area contributed by atoms with Crippen LogP contribution in [-0.4, -0.2) is 56.0 Å². The van der Waals surface area contributed by atoms with Gasteiger partial charge in [0.15, 0.2) is 5.82 Å². The van der Waals surface area contributed by atoms with Gasteiger partial charge in [-0.05, 0) is 67.7 Å². The Balaban J connectivity index is 1.53. The highest BCUT2D eigenvalue weighted by molar-refractivity contribution is 7.85. The van der Waals surface area contributed by atoms with E-state index in [1.54, 1.807) is 6.26 Å². The van der Waals surface area contributed by atoms with Crippen LogP contribution in [0, 0.1) is 11.3 Å². The highest BCUT2D eigenvalue weighted by Gasteiger charge is 2.25. The minimum absolute atomic E-state index is 0.0390. The molecule has 1 atom stereocenters. The van der Waals surface area contributed by atoms with Crippen LogP contribution in [0.5, 0.6) is 0 Å². The van der Waals surface area contributed by atoms with Gasteiger partial charge in [0, 0.05) is 41.4 Å². The Kier molecular flexibility index (Phi) is 7.58. The number of rotatable bonds is 6. The van der Waals surface area contributed by atoms with Crippen molar-refractivity contribution >= 4 is 33.9 Å². The first-order chi connectivity index (χ1) is 16.4. The first-order valence-corrected chi connectivity index (χ1v) is 13.3. The molecule has 34 heavy (non-hydrogen) atoms. The van der Waals surface area contributed by atoms with Crippen LogP contribution in [0.1, 0.15) is 71.9 Å². The number of aromatic amines is 1. The topological polar surface area (TPSA) is 119 Å². The van der Waals surface area contributed by atoms with E-state index in [4.69, 9.17) is 5.26 Å². The number of hydrogen-bond acceptors (Lipinski definition) is 5. The van der Waals surface area contributed by atoms with E-state index in [1.807, 2.05) is 17.0 Å². The van der Waals surface area contributed by atoms with Crippen molar-refractivity contribution in [2.45, 2.75) is 44.4 Å². The number of allylic oxidation sites excluding steroid dienone is 2.